The number of nitrogens with zero attached hydrogens (tertiary/aromatic N) is 4. The van der Waals surface area contributed by atoms with Crippen LogP contribution in [0.2, 0.25) is 0 Å². The molecule has 0 spiro atoms. The van der Waals surface area contributed by atoms with Gasteiger partial charge in [-0.15, -0.1) is 5.10 Å². The minimum atomic E-state index is 0.177. The van der Waals surface area contributed by atoms with Gasteiger partial charge in [0.15, 0.2) is 0 Å². The van der Waals surface area contributed by atoms with Gasteiger partial charge in [-0.1, -0.05) is 11.8 Å². The van der Waals surface area contributed by atoms with Crippen LogP contribution in [0, 0.1) is 0 Å². The minimum Gasteiger partial charge on any atom is -0.327 e. The Morgan fingerprint density at radius 1 is 1.73 bits per heavy atom. The van der Waals surface area contributed by atoms with Crippen LogP contribution >= 0.6 is 11.8 Å². The maximum absolute atomic E-state index is 5.56. The van der Waals surface area contributed by atoms with E-state index >= 15 is 0 Å². The number of aromatic nitrogens is 4. The summed E-state index contributed by atoms with van der Waals surface area (Å²) in [5.74, 6) is 0.841. The number of thioether (sulfide) groups is 1. The van der Waals surface area contributed by atoms with Gasteiger partial charge in [0.2, 0.25) is 5.16 Å². The lowest BCUT2D eigenvalue weighted by Gasteiger charge is -2.01. The van der Waals surface area contributed by atoms with Crippen LogP contribution in [0.4, 0.5) is 0 Å². The summed E-state index contributed by atoms with van der Waals surface area (Å²) in [4.78, 5) is 0. The third-order valence-corrected chi connectivity index (χ3v) is 2.35. The molecule has 62 valence electrons. The third-order valence-electron chi connectivity index (χ3n) is 1.06. The van der Waals surface area contributed by atoms with Gasteiger partial charge in [0.25, 0.3) is 0 Å². The van der Waals surface area contributed by atoms with E-state index in [9.17, 15) is 0 Å². The zero-order valence-corrected chi connectivity index (χ0v) is 7.38. The monoisotopic (exact) mass is 173 g/mol. The molecule has 2 N–H and O–H groups in total. The van der Waals surface area contributed by atoms with Crippen LogP contribution in [0.1, 0.15) is 6.92 Å². The molecule has 0 aliphatic rings. The van der Waals surface area contributed by atoms with E-state index in [0.29, 0.717) is 0 Å². The summed E-state index contributed by atoms with van der Waals surface area (Å²) in [6, 6.07) is 0.177. The molecule has 6 heteroatoms. The van der Waals surface area contributed by atoms with Crippen LogP contribution in [0.5, 0.6) is 0 Å². The van der Waals surface area contributed by atoms with Gasteiger partial charge >= 0.3 is 0 Å². The smallest absolute Gasteiger partial charge is 0.209 e. The number of hydrogen-bond acceptors (Lipinski definition) is 5. The molecule has 1 aromatic rings. The zero-order valence-electron chi connectivity index (χ0n) is 6.56. The Kier molecular flexibility index (Phi) is 2.84. The molecule has 0 aliphatic heterocycles. The standard InChI is InChI=1S/C5H11N5S/c1-4(6)3-11-5-7-8-9-10(5)2/h4H,3,6H2,1-2H3. The van der Waals surface area contributed by atoms with Gasteiger partial charge in [0.1, 0.15) is 0 Å². The van der Waals surface area contributed by atoms with Crippen molar-refractivity contribution in [2.24, 2.45) is 12.8 Å². The Bertz CT molecular complexity index is 220. The van der Waals surface area contributed by atoms with Gasteiger partial charge in [-0.05, 0) is 17.4 Å². The van der Waals surface area contributed by atoms with Crippen molar-refractivity contribution in [2.75, 3.05) is 5.75 Å². The van der Waals surface area contributed by atoms with Gasteiger partial charge in [0, 0.05) is 18.8 Å². The Labute approximate surface area is 69.3 Å². The molecule has 1 atom stereocenters. The average molecular weight is 173 g/mol. The van der Waals surface area contributed by atoms with Crippen molar-refractivity contribution in [1.82, 2.24) is 20.2 Å². The fourth-order valence-electron chi connectivity index (χ4n) is 0.550. The zero-order chi connectivity index (χ0) is 8.27. The largest absolute Gasteiger partial charge is 0.327 e. The first kappa shape index (κ1) is 8.48. The molecule has 1 unspecified atom stereocenters. The molecule has 0 fully saturated rings. The summed E-state index contributed by atoms with van der Waals surface area (Å²) in [5, 5.41) is 11.8. The highest BCUT2D eigenvalue weighted by Gasteiger charge is 2.03. The number of tetrazole rings is 1. The maximum Gasteiger partial charge on any atom is 0.209 e. The second-order valence-electron chi connectivity index (χ2n) is 2.37. The van der Waals surface area contributed by atoms with E-state index in [1.165, 1.54) is 0 Å². The summed E-state index contributed by atoms with van der Waals surface area (Å²) in [7, 11) is 1.81. The first-order chi connectivity index (χ1) is 5.20. The van der Waals surface area contributed by atoms with Crippen molar-refractivity contribution in [3.8, 4) is 0 Å². The summed E-state index contributed by atoms with van der Waals surface area (Å²) in [6.07, 6.45) is 0. The van der Waals surface area contributed by atoms with Crippen LogP contribution < -0.4 is 5.73 Å². The van der Waals surface area contributed by atoms with Crippen LogP contribution in [0.3, 0.4) is 0 Å². The predicted molar refractivity (Wildman–Crippen MR) is 43.2 cm³/mol. The highest BCUT2D eigenvalue weighted by Crippen LogP contribution is 2.12. The van der Waals surface area contributed by atoms with E-state index in [2.05, 4.69) is 15.5 Å². The van der Waals surface area contributed by atoms with E-state index in [4.69, 9.17) is 5.73 Å². The third kappa shape index (κ3) is 2.47. The summed E-state index contributed by atoms with van der Waals surface area (Å²) >= 11 is 1.56. The lowest BCUT2D eigenvalue weighted by molar-refractivity contribution is 0.664. The Hall–Kier alpha value is -0.620. The van der Waals surface area contributed by atoms with Gasteiger partial charge in [-0.3, -0.25) is 0 Å². The van der Waals surface area contributed by atoms with Crippen molar-refractivity contribution in [1.29, 1.82) is 0 Å². The van der Waals surface area contributed by atoms with Crippen LogP contribution in [0.25, 0.3) is 0 Å². The molecule has 0 bridgehead atoms. The number of nitrogens with two attached hydrogens (primary N) is 1. The van der Waals surface area contributed by atoms with Crippen LogP contribution in [-0.2, 0) is 7.05 Å². The molecule has 1 rings (SSSR count). The molecule has 0 aromatic carbocycles. The van der Waals surface area contributed by atoms with Crippen molar-refractivity contribution in [3.05, 3.63) is 0 Å². The van der Waals surface area contributed by atoms with Crippen molar-refractivity contribution < 1.29 is 0 Å². The Morgan fingerprint density at radius 3 is 2.91 bits per heavy atom. The van der Waals surface area contributed by atoms with E-state index in [1.807, 2.05) is 14.0 Å². The van der Waals surface area contributed by atoms with Crippen LogP contribution in [-0.4, -0.2) is 32.0 Å². The summed E-state index contributed by atoms with van der Waals surface area (Å²) in [6.45, 7) is 1.96. The number of aryl methyl sites for hydroxylation is 1. The predicted octanol–water partition coefficient (Wildman–Crippen LogP) is -0.351. The summed E-state index contributed by atoms with van der Waals surface area (Å²) < 4.78 is 1.63. The molecule has 1 aromatic heterocycles. The van der Waals surface area contributed by atoms with Gasteiger partial charge in [-0.2, -0.15) is 0 Å². The molecule has 5 nitrogen and oxygen atoms in total. The molecular formula is C5H11N5S. The topological polar surface area (TPSA) is 69.6 Å². The van der Waals surface area contributed by atoms with Crippen molar-refractivity contribution in [2.45, 2.75) is 18.1 Å². The number of rotatable bonds is 3. The highest BCUT2D eigenvalue weighted by molar-refractivity contribution is 7.99. The quantitative estimate of drug-likeness (QED) is 0.633. The summed E-state index contributed by atoms with van der Waals surface area (Å²) in [5.41, 5.74) is 5.56. The lowest BCUT2D eigenvalue weighted by atomic mass is 10.4. The fraction of sp³-hybridized carbons (Fsp3) is 0.800. The molecule has 0 aliphatic carbocycles. The van der Waals surface area contributed by atoms with E-state index in [0.717, 1.165) is 10.9 Å². The molecule has 11 heavy (non-hydrogen) atoms. The fourth-order valence-corrected chi connectivity index (χ4v) is 1.28. The first-order valence-corrected chi connectivity index (χ1v) is 4.29. The van der Waals surface area contributed by atoms with E-state index in [-0.39, 0.29) is 6.04 Å². The minimum absolute atomic E-state index is 0.177. The van der Waals surface area contributed by atoms with E-state index < -0.39 is 0 Å². The molecule has 0 radical (unpaired) electrons. The van der Waals surface area contributed by atoms with E-state index in [1.54, 1.807) is 16.4 Å². The Balaban J connectivity index is 2.44. The SMILES string of the molecule is CC(N)CSc1nnnn1C. The van der Waals surface area contributed by atoms with Crippen LogP contribution in [0.15, 0.2) is 5.16 Å². The van der Waals surface area contributed by atoms with Gasteiger partial charge in [-0.25, -0.2) is 4.68 Å². The van der Waals surface area contributed by atoms with Crippen molar-refractivity contribution >= 4 is 11.8 Å². The molecule has 1 heterocycles. The van der Waals surface area contributed by atoms with Gasteiger partial charge in [0.05, 0.1) is 0 Å². The van der Waals surface area contributed by atoms with Gasteiger partial charge < -0.3 is 5.73 Å². The normalized spacial score (nSPS) is 13.4. The Morgan fingerprint density at radius 2 is 2.45 bits per heavy atom. The molecule has 0 amide bonds. The molecular weight excluding hydrogens is 162 g/mol. The lowest BCUT2D eigenvalue weighted by Crippen LogP contribution is -2.17. The number of hydrogen-bond donors (Lipinski definition) is 1. The molecule has 0 saturated heterocycles. The first-order valence-electron chi connectivity index (χ1n) is 3.31. The molecule has 0 saturated carbocycles. The highest BCUT2D eigenvalue weighted by atomic mass is 32.2. The average Bonchev–Trinajstić information content (AvgIpc) is 2.31. The maximum atomic E-state index is 5.56. The second kappa shape index (κ2) is 3.68. The second-order valence-corrected chi connectivity index (χ2v) is 3.36. The van der Waals surface area contributed by atoms with Crippen molar-refractivity contribution in [3.63, 3.8) is 0 Å².